The molecule has 1 heterocycles. The molecule has 0 aliphatic heterocycles. The summed E-state index contributed by atoms with van der Waals surface area (Å²) in [5.41, 5.74) is 0.0838. The predicted molar refractivity (Wildman–Crippen MR) is 88.3 cm³/mol. The molecular formula is C13H13N3O3S3. The van der Waals surface area contributed by atoms with E-state index in [4.69, 9.17) is 0 Å². The van der Waals surface area contributed by atoms with E-state index in [1.165, 1.54) is 35.2 Å². The SMILES string of the molecule is C=CCSc1nnc(NC(=O)c2ccccc2S(C)(=O)=O)s1. The number of nitrogens with zero attached hydrogens (tertiary/aromatic N) is 2. The minimum Gasteiger partial charge on any atom is -0.296 e. The summed E-state index contributed by atoms with van der Waals surface area (Å²) in [5.74, 6) is 0.164. The lowest BCUT2D eigenvalue weighted by Gasteiger charge is -2.06. The van der Waals surface area contributed by atoms with Gasteiger partial charge in [-0.25, -0.2) is 8.42 Å². The van der Waals surface area contributed by atoms with E-state index in [0.29, 0.717) is 15.2 Å². The van der Waals surface area contributed by atoms with Crippen LogP contribution in [0, 0.1) is 0 Å². The second-order valence-corrected chi connectivity index (χ2v) is 8.42. The number of anilines is 1. The summed E-state index contributed by atoms with van der Waals surface area (Å²) in [6.45, 7) is 3.61. The standard InChI is InChI=1S/C13H13N3O3S3/c1-3-8-20-13-16-15-12(21-13)14-11(17)9-6-4-5-7-10(9)22(2,18)19/h3-7H,1,8H2,2H3,(H,14,15,17). The van der Waals surface area contributed by atoms with Crippen molar-refractivity contribution in [3.8, 4) is 0 Å². The first-order valence-electron chi connectivity index (χ1n) is 6.09. The van der Waals surface area contributed by atoms with Gasteiger partial charge in [-0.05, 0) is 12.1 Å². The van der Waals surface area contributed by atoms with Gasteiger partial charge in [-0.15, -0.1) is 16.8 Å². The molecule has 2 aromatic rings. The van der Waals surface area contributed by atoms with Gasteiger partial charge < -0.3 is 0 Å². The molecule has 0 radical (unpaired) electrons. The van der Waals surface area contributed by atoms with Crippen molar-refractivity contribution in [2.75, 3.05) is 17.3 Å². The highest BCUT2D eigenvalue weighted by Crippen LogP contribution is 2.26. The maximum atomic E-state index is 12.2. The monoisotopic (exact) mass is 355 g/mol. The minimum absolute atomic E-state index is 0.0155. The Kier molecular flexibility index (Phi) is 5.33. The third-order valence-corrected chi connectivity index (χ3v) is 5.61. The van der Waals surface area contributed by atoms with Crippen molar-refractivity contribution in [1.82, 2.24) is 10.2 Å². The van der Waals surface area contributed by atoms with Crippen LogP contribution in [-0.2, 0) is 9.84 Å². The Balaban J connectivity index is 2.20. The van der Waals surface area contributed by atoms with E-state index in [2.05, 4.69) is 22.1 Å². The van der Waals surface area contributed by atoms with Crippen molar-refractivity contribution in [1.29, 1.82) is 0 Å². The molecule has 9 heteroatoms. The molecule has 0 atom stereocenters. The largest absolute Gasteiger partial charge is 0.296 e. The first kappa shape index (κ1) is 16.7. The lowest BCUT2D eigenvalue weighted by Crippen LogP contribution is -2.15. The highest BCUT2D eigenvalue weighted by Gasteiger charge is 2.19. The molecule has 0 aliphatic rings. The highest BCUT2D eigenvalue weighted by molar-refractivity contribution is 8.01. The van der Waals surface area contributed by atoms with Crippen molar-refractivity contribution in [3.63, 3.8) is 0 Å². The van der Waals surface area contributed by atoms with Crippen molar-refractivity contribution >= 4 is 44.0 Å². The van der Waals surface area contributed by atoms with Gasteiger partial charge in [-0.3, -0.25) is 10.1 Å². The highest BCUT2D eigenvalue weighted by atomic mass is 32.2. The zero-order chi connectivity index (χ0) is 16.2. The van der Waals surface area contributed by atoms with Crippen LogP contribution in [0.3, 0.4) is 0 Å². The van der Waals surface area contributed by atoms with Crippen LogP contribution in [0.2, 0.25) is 0 Å². The van der Waals surface area contributed by atoms with Crippen LogP contribution in [0.15, 0.2) is 46.2 Å². The maximum absolute atomic E-state index is 12.2. The normalized spacial score (nSPS) is 11.1. The van der Waals surface area contributed by atoms with Crippen LogP contribution in [0.25, 0.3) is 0 Å². The van der Waals surface area contributed by atoms with Gasteiger partial charge in [0.25, 0.3) is 5.91 Å². The van der Waals surface area contributed by atoms with Crippen LogP contribution in [-0.4, -0.2) is 36.5 Å². The number of amides is 1. The molecule has 2 rings (SSSR count). The van der Waals surface area contributed by atoms with Gasteiger partial charge in [-0.2, -0.15) is 0 Å². The molecule has 1 aromatic carbocycles. The lowest BCUT2D eigenvalue weighted by molar-refractivity contribution is 0.102. The number of hydrogen-bond donors (Lipinski definition) is 1. The van der Waals surface area contributed by atoms with E-state index in [1.807, 2.05) is 0 Å². The third kappa shape index (κ3) is 4.15. The van der Waals surface area contributed by atoms with E-state index < -0.39 is 15.7 Å². The fraction of sp³-hybridized carbons (Fsp3) is 0.154. The number of nitrogens with one attached hydrogen (secondary N) is 1. The molecule has 0 unspecified atom stereocenters. The molecule has 6 nitrogen and oxygen atoms in total. The molecule has 22 heavy (non-hydrogen) atoms. The van der Waals surface area contributed by atoms with Gasteiger partial charge >= 0.3 is 0 Å². The van der Waals surface area contributed by atoms with Crippen LogP contribution in [0.5, 0.6) is 0 Å². The van der Waals surface area contributed by atoms with E-state index in [-0.39, 0.29) is 10.5 Å². The van der Waals surface area contributed by atoms with E-state index in [1.54, 1.807) is 18.2 Å². The number of benzene rings is 1. The second-order valence-electron chi connectivity index (χ2n) is 4.20. The average Bonchev–Trinajstić information content (AvgIpc) is 2.91. The Labute approximate surface area is 136 Å². The topological polar surface area (TPSA) is 89.0 Å². The number of rotatable bonds is 6. The Hall–Kier alpha value is -1.71. The lowest BCUT2D eigenvalue weighted by atomic mass is 10.2. The van der Waals surface area contributed by atoms with Gasteiger partial charge in [0.05, 0.1) is 10.5 Å². The van der Waals surface area contributed by atoms with Crippen LogP contribution in [0.4, 0.5) is 5.13 Å². The Morgan fingerprint density at radius 2 is 2.14 bits per heavy atom. The fourth-order valence-corrected chi connectivity index (χ4v) is 3.98. The van der Waals surface area contributed by atoms with E-state index in [0.717, 1.165) is 6.26 Å². The Morgan fingerprint density at radius 3 is 2.82 bits per heavy atom. The maximum Gasteiger partial charge on any atom is 0.258 e. The summed E-state index contributed by atoms with van der Waals surface area (Å²) in [5, 5.41) is 10.7. The van der Waals surface area contributed by atoms with Gasteiger partial charge in [-0.1, -0.05) is 41.3 Å². The van der Waals surface area contributed by atoms with Crippen LogP contribution in [0.1, 0.15) is 10.4 Å². The first-order chi connectivity index (χ1) is 10.4. The van der Waals surface area contributed by atoms with Crippen molar-refractivity contribution in [2.24, 2.45) is 0 Å². The quantitative estimate of drug-likeness (QED) is 0.486. The second kappa shape index (κ2) is 7.03. The fourth-order valence-electron chi connectivity index (χ4n) is 1.59. The Bertz CT molecular complexity index is 800. The van der Waals surface area contributed by atoms with E-state index in [9.17, 15) is 13.2 Å². The summed E-state index contributed by atoms with van der Waals surface area (Å²) in [6.07, 6.45) is 2.81. The smallest absolute Gasteiger partial charge is 0.258 e. The number of thioether (sulfide) groups is 1. The summed E-state index contributed by atoms with van der Waals surface area (Å²) >= 11 is 2.67. The number of aromatic nitrogens is 2. The summed E-state index contributed by atoms with van der Waals surface area (Å²) < 4.78 is 24.1. The van der Waals surface area contributed by atoms with Crippen molar-refractivity contribution < 1.29 is 13.2 Å². The summed E-state index contributed by atoms with van der Waals surface area (Å²) in [6, 6.07) is 6.03. The van der Waals surface area contributed by atoms with Crippen LogP contribution < -0.4 is 5.32 Å². The average molecular weight is 355 g/mol. The molecule has 0 spiro atoms. The van der Waals surface area contributed by atoms with Crippen LogP contribution >= 0.6 is 23.1 Å². The summed E-state index contributed by atoms with van der Waals surface area (Å²) in [4.78, 5) is 12.2. The molecule has 116 valence electrons. The number of hydrogen-bond acceptors (Lipinski definition) is 7. The molecule has 0 aliphatic carbocycles. The van der Waals surface area contributed by atoms with E-state index >= 15 is 0 Å². The number of carbonyl (C=O) groups is 1. The third-order valence-electron chi connectivity index (χ3n) is 2.48. The van der Waals surface area contributed by atoms with Gasteiger partial charge in [0.15, 0.2) is 14.2 Å². The van der Waals surface area contributed by atoms with Gasteiger partial charge in [0, 0.05) is 12.0 Å². The van der Waals surface area contributed by atoms with Crippen molar-refractivity contribution in [2.45, 2.75) is 9.24 Å². The molecule has 0 saturated carbocycles. The number of sulfone groups is 1. The molecule has 0 saturated heterocycles. The predicted octanol–water partition coefficient (Wildman–Crippen LogP) is 2.47. The van der Waals surface area contributed by atoms with Crippen molar-refractivity contribution in [3.05, 3.63) is 42.5 Å². The first-order valence-corrected chi connectivity index (χ1v) is 9.79. The summed E-state index contributed by atoms with van der Waals surface area (Å²) in [7, 11) is -3.49. The number of carbonyl (C=O) groups excluding carboxylic acids is 1. The van der Waals surface area contributed by atoms with Gasteiger partial charge in [0.1, 0.15) is 0 Å². The zero-order valence-corrected chi connectivity index (χ0v) is 14.1. The molecule has 0 bridgehead atoms. The minimum atomic E-state index is -3.49. The Morgan fingerprint density at radius 1 is 1.41 bits per heavy atom. The molecule has 0 fully saturated rings. The molecule has 1 amide bonds. The molecular weight excluding hydrogens is 342 g/mol. The molecule has 1 N–H and O–H groups in total. The zero-order valence-electron chi connectivity index (χ0n) is 11.6. The van der Waals surface area contributed by atoms with Gasteiger partial charge in [0.2, 0.25) is 5.13 Å². The molecule has 1 aromatic heterocycles.